The molecule has 0 bridgehead atoms. The molecule has 4 rings (SSSR count). The quantitative estimate of drug-likeness (QED) is 0.576. The van der Waals surface area contributed by atoms with Gasteiger partial charge in [-0.15, -0.1) is 0 Å². The van der Waals surface area contributed by atoms with Gasteiger partial charge in [-0.2, -0.15) is 4.37 Å². The van der Waals surface area contributed by atoms with Gasteiger partial charge in [0.05, 0.1) is 12.8 Å². The minimum absolute atomic E-state index is 0.0769. The number of allylic oxidation sites excluding steroid dienone is 1. The molecule has 2 aliphatic rings. The molecular weight excluding hydrogens is 458 g/mol. The van der Waals surface area contributed by atoms with Gasteiger partial charge >= 0.3 is 0 Å². The van der Waals surface area contributed by atoms with Gasteiger partial charge in [0.25, 0.3) is 11.8 Å². The molecule has 0 radical (unpaired) electrons. The number of pyridine rings is 1. The highest BCUT2D eigenvalue weighted by atomic mass is 32.1. The van der Waals surface area contributed by atoms with E-state index in [-0.39, 0.29) is 17.9 Å². The molecule has 0 aromatic carbocycles. The zero-order valence-electron chi connectivity index (χ0n) is 19.3. The van der Waals surface area contributed by atoms with Gasteiger partial charge in [-0.05, 0) is 44.6 Å². The highest BCUT2D eigenvalue weighted by Crippen LogP contribution is 2.26. The van der Waals surface area contributed by atoms with Gasteiger partial charge < -0.3 is 19.1 Å². The first kappa shape index (κ1) is 23.8. The zero-order chi connectivity index (χ0) is 24.1. The van der Waals surface area contributed by atoms with Crippen LogP contribution in [0, 0.1) is 6.92 Å². The minimum atomic E-state index is -0.467. The smallest absolute Gasteiger partial charge is 0.272 e. The number of methoxy groups -OCH3 is 1. The van der Waals surface area contributed by atoms with Gasteiger partial charge in [0.15, 0.2) is 0 Å². The number of nitrogens with one attached hydrogen (secondary N) is 1. The van der Waals surface area contributed by atoms with Crippen molar-refractivity contribution in [1.29, 1.82) is 0 Å². The Balaban J connectivity index is 1.46. The standard InChI is InChI=1S/C23H27N5O5S/c1-14(13-31-3)32-18-9-16(21(29)26-23-25-15(2)27-34-23)10-19(11-18)33-17-5-6-20(24-12-17)22(30)28-7-4-8-28/h5-6,9,11-12,14,19H,4,7-8,10,13H2,1-3H3,(H,25,26,27,29)/t14-,19?/m0/s1. The lowest BCUT2D eigenvalue weighted by atomic mass is 10.0. The largest absolute Gasteiger partial charge is 0.489 e. The minimum Gasteiger partial charge on any atom is -0.489 e. The molecule has 1 N–H and O–H groups in total. The summed E-state index contributed by atoms with van der Waals surface area (Å²) >= 11 is 1.12. The summed E-state index contributed by atoms with van der Waals surface area (Å²) < 4.78 is 21.2. The Hall–Kier alpha value is -3.31. The second kappa shape index (κ2) is 10.7. The van der Waals surface area contributed by atoms with Crippen molar-refractivity contribution >= 4 is 28.5 Å². The van der Waals surface area contributed by atoms with Crippen LogP contribution in [-0.4, -0.2) is 70.1 Å². The average molecular weight is 486 g/mol. The first-order valence-corrected chi connectivity index (χ1v) is 11.8. The number of aromatic nitrogens is 3. The van der Waals surface area contributed by atoms with Gasteiger partial charge in [0.1, 0.15) is 35.2 Å². The van der Waals surface area contributed by atoms with Crippen molar-refractivity contribution in [2.24, 2.45) is 0 Å². The van der Waals surface area contributed by atoms with Crippen molar-refractivity contribution in [1.82, 2.24) is 19.2 Å². The Kier molecular flexibility index (Phi) is 7.53. The lowest BCUT2D eigenvalue weighted by molar-refractivity contribution is -0.113. The lowest BCUT2D eigenvalue weighted by Crippen LogP contribution is -2.42. The highest BCUT2D eigenvalue weighted by molar-refractivity contribution is 7.09. The summed E-state index contributed by atoms with van der Waals surface area (Å²) in [7, 11) is 1.60. The van der Waals surface area contributed by atoms with Gasteiger partial charge in [-0.1, -0.05) is 0 Å². The number of carbonyl (C=O) groups excluding carboxylic acids is 2. The summed E-state index contributed by atoms with van der Waals surface area (Å²) in [5.41, 5.74) is 0.869. The van der Waals surface area contributed by atoms with Crippen molar-refractivity contribution in [2.75, 3.05) is 32.1 Å². The maximum Gasteiger partial charge on any atom is 0.272 e. The molecule has 3 heterocycles. The Morgan fingerprint density at radius 3 is 2.76 bits per heavy atom. The third kappa shape index (κ3) is 5.97. The molecule has 1 fully saturated rings. The molecule has 11 heteroatoms. The van der Waals surface area contributed by atoms with E-state index in [0.29, 0.717) is 46.8 Å². The molecule has 180 valence electrons. The van der Waals surface area contributed by atoms with Crippen LogP contribution >= 0.6 is 11.5 Å². The van der Waals surface area contributed by atoms with Crippen LogP contribution in [0.5, 0.6) is 5.75 Å². The predicted molar refractivity (Wildman–Crippen MR) is 126 cm³/mol. The molecule has 1 aliphatic carbocycles. The number of hydrogen-bond donors (Lipinski definition) is 1. The zero-order valence-corrected chi connectivity index (χ0v) is 20.1. The molecule has 0 saturated carbocycles. The van der Waals surface area contributed by atoms with E-state index in [9.17, 15) is 9.59 Å². The Bertz CT molecular complexity index is 1090. The van der Waals surface area contributed by atoms with E-state index in [1.807, 2.05) is 13.0 Å². The maximum absolute atomic E-state index is 12.9. The fourth-order valence-electron chi connectivity index (χ4n) is 3.50. The summed E-state index contributed by atoms with van der Waals surface area (Å²) in [6.07, 6.45) is 5.71. The summed E-state index contributed by atoms with van der Waals surface area (Å²) in [6.45, 7) is 5.58. The van der Waals surface area contributed by atoms with Crippen molar-refractivity contribution in [2.45, 2.75) is 38.9 Å². The number of ether oxygens (including phenoxy) is 3. The van der Waals surface area contributed by atoms with Crippen molar-refractivity contribution in [3.05, 3.63) is 53.3 Å². The molecular formula is C23H27N5O5S. The lowest BCUT2D eigenvalue weighted by Gasteiger charge is -2.30. The fraction of sp³-hybridized carbons (Fsp3) is 0.435. The van der Waals surface area contributed by atoms with Crippen LogP contribution in [0.1, 0.15) is 36.1 Å². The molecule has 2 amide bonds. The maximum atomic E-state index is 12.9. The number of likely N-dealkylation sites (tertiary alicyclic amines) is 1. The molecule has 34 heavy (non-hydrogen) atoms. The highest BCUT2D eigenvalue weighted by Gasteiger charge is 2.25. The van der Waals surface area contributed by atoms with Gasteiger partial charge in [-0.25, -0.2) is 9.97 Å². The summed E-state index contributed by atoms with van der Waals surface area (Å²) in [5, 5.41) is 3.21. The fourth-order valence-corrected chi connectivity index (χ4v) is 4.07. The van der Waals surface area contributed by atoms with E-state index in [1.54, 1.807) is 37.1 Å². The molecule has 1 saturated heterocycles. The van der Waals surface area contributed by atoms with E-state index >= 15 is 0 Å². The normalized spacial score (nSPS) is 18.3. The molecule has 2 aromatic heterocycles. The van der Waals surface area contributed by atoms with Gasteiger partial charge in [0.2, 0.25) is 5.13 Å². The van der Waals surface area contributed by atoms with E-state index < -0.39 is 6.10 Å². The Morgan fingerprint density at radius 1 is 1.32 bits per heavy atom. The summed E-state index contributed by atoms with van der Waals surface area (Å²) in [6, 6.07) is 3.37. The summed E-state index contributed by atoms with van der Waals surface area (Å²) in [5.74, 6) is 1.22. The number of rotatable bonds is 9. The number of anilines is 1. The van der Waals surface area contributed by atoms with Crippen LogP contribution < -0.4 is 10.1 Å². The summed E-state index contributed by atoms with van der Waals surface area (Å²) in [4.78, 5) is 35.4. The van der Waals surface area contributed by atoms with Crippen LogP contribution in [0.15, 0.2) is 41.8 Å². The third-order valence-corrected chi connectivity index (χ3v) is 5.97. The molecule has 0 spiro atoms. The second-order valence-corrected chi connectivity index (χ2v) is 8.86. The number of aryl methyl sites for hydroxylation is 1. The number of nitrogens with zero attached hydrogens (tertiary/aromatic N) is 4. The Morgan fingerprint density at radius 2 is 2.15 bits per heavy atom. The van der Waals surface area contributed by atoms with Crippen molar-refractivity contribution in [3.8, 4) is 5.75 Å². The van der Waals surface area contributed by atoms with Crippen LogP contribution in [0.2, 0.25) is 0 Å². The van der Waals surface area contributed by atoms with E-state index in [2.05, 4.69) is 19.7 Å². The molecule has 2 aromatic rings. The molecule has 2 atom stereocenters. The van der Waals surface area contributed by atoms with Gasteiger partial charge in [-0.3, -0.25) is 14.9 Å². The van der Waals surface area contributed by atoms with E-state index in [4.69, 9.17) is 14.2 Å². The van der Waals surface area contributed by atoms with Crippen LogP contribution in [-0.2, 0) is 14.3 Å². The third-order valence-electron chi connectivity index (χ3n) is 5.25. The van der Waals surface area contributed by atoms with E-state index in [1.165, 1.54) is 6.20 Å². The monoisotopic (exact) mass is 485 g/mol. The van der Waals surface area contributed by atoms with Crippen molar-refractivity contribution in [3.63, 3.8) is 0 Å². The number of carbonyl (C=O) groups is 2. The second-order valence-electron chi connectivity index (χ2n) is 8.11. The average Bonchev–Trinajstić information content (AvgIpc) is 3.17. The predicted octanol–water partition coefficient (Wildman–Crippen LogP) is 2.74. The van der Waals surface area contributed by atoms with Crippen molar-refractivity contribution < 1.29 is 23.8 Å². The number of amides is 2. The molecule has 1 aliphatic heterocycles. The molecule has 1 unspecified atom stereocenters. The Labute approximate surface area is 201 Å². The topological polar surface area (TPSA) is 116 Å². The molecule has 10 nitrogen and oxygen atoms in total. The van der Waals surface area contributed by atoms with Crippen LogP contribution in [0.25, 0.3) is 0 Å². The van der Waals surface area contributed by atoms with Gasteiger partial charge in [0, 0.05) is 43.7 Å². The first-order valence-electron chi connectivity index (χ1n) is 11.0. The SMILES string of the molecule is COC[C@H](C)OC1=CC(Oc2ccc(C(=O)N3CCC3)nc2)CC(C(=O)Nc2nc(C)ns2)=C1. The van der Waals surface area contributed by atoms with E-state index in [0.717, 1.165) is 31.0 Å². The van der Waals surface area contributed by atoms with Crippen LogP contribution in [0.4, 0.5) is 5.13 Å². The van der Waals surface area contributed by atoms with Crippen LogP contribution in [0.3, 0.4) is 0 Å². The first-order chi connectivity index (χ1) is 16.4. The number of hydrogen-bond acceptors (Lipinski definition) is 9.